The molecule has 0 saturated heterocycles. The third-order valence-corrected chi connectivity index (χ3v) is 4.07. The fourth-order valence-electron chi connectivity index (χ4n) is 2.08. The molecule has 1 aliphatic carbocycles. The van der Waals surface area contributed by atoms with Crippen molar-refractivity contribution >= 4 is 39.1 Å². The number of rotatable bonds is 5. The van der Waals surface area contributed by atoms with Gasteiger partial charge in [-0.1, -0.05) is 12.1 Å². The van der Waals surface area contributed by atoms with Crippen LogP contribution in [-0.2, 0) is 4.79 Å². The van der Waals surface area contributed by atoms with Gasteiger partial charge in [0.2, 0.25) is 5.91 Å². The second-order valence-corrected chi connectivity index (χ2v) is 6.36. The molecule has 2 amide bonds. The second kappa shape index (κ2) is 7.00. The SMILES string of the molecule is C/C(=N/NC(=O)c1ccc(Br)o1)c1ccc(NC(=O)C2CC2)cc1. The minimum absolute atomic E-state index is 0.0741. The van der Waals surface area contributed by atoms with Crippen molar-refractivity contribution in [2.24, 2.45) is 11.0 Å². The Morgan fingerprint density at radius 2 is 1.88 bits per heavy atom. The lowest BCUT2D eigenvalue weighted by Crippen LogP contribution is -2.18. The van der Waals surface area contributed by atoms with E-state index in [1.54, 1.807) is 19.1 Å². The highest BCUT2D eigenvalue weighted by Gasteiger charge is 2.29. The summed E-state index contributed by atoms with van der Waals surface area (Å²) >= 11 is 3.14. The van der Waals surface area contributed by atoms with Gasteiger partial charge in [0.05, 0.1) is 5.71 Å². The van der Waals surface area contributed by atoms with Gasteiger partial charge in [0.25, 0.3) is 0 Å². The third kappa shape index (κ3) is 4.11. The van der Waals surface area contributed by atoms with Gasteiger partial charge in [-0.3, -0.25) is 9.59 Å². The second-order valence-electron chi connectivity index (χ2n) is 5.58. The average Bonchev–Trinajstić information content (AvgIpc) is 3.34. The van der Waals surface area contributed by atoms with E-state index in [0.29, 0.717) is 10.4 Å². The number of carbonyl (C=O) groups excluding carboxylic acids is 2. The van der Waals surface area contributed by atoms with Crippen LogP contribution >= 0.6 is 15.9 Å². The fourth-order valence-corrected chi connectivity index (χ4v) is 2.38. The Morgan fingerprint density at radius 3 is 2.46 bits per heavy atom. The Kier molecular flexibility index (Phi) is 4.80. The largest absolute Gasteiger partial charge is 0.444 e. The summed E-state index contributed by atoms with van der Waals surface area (Å²) in [5, 5.41) is 6.94. The third-order valence-electron chi connectivity index (χ3n) is 3.64. The zero-order valence-electron chi connectivity index (χ0n) is 13.0. The smallest absolute Gasteiger partial charge is 0.307 e. The number of hydrogen-bond acceptors (Lipinski definition) is 4. The van der Waals surface area contributed by atoms with E-state index < -0.39 is 5.91 Å². The molecule has 1 heterocycles. The number of hydrogen-bond donors (Lipinski definition) is 2. The average molecular weight is 390 g/mol. The highest BCUT2D eigenvalue weighted by Crippen LogP contribution is 2.30. The zero-order valence-corrected chi connectivity index (χ0v) is 14.6. The highest BCUT2D eigenvalue weighted by molar-refractivity contribution is 9.10. The van der Waals surface area contributed by atoms with Crippen molar-refractivity contribution < 1.29 is 14.0 Å². The lowest BCUT2D eigenvalue weighted by molar-refractivity contribution is -0.117. The molecule has 0 atom stereocenters. The number of anilines is 1. The molecule has 1 aromatic carbocycles. The first-order chi connectivity index (χ1) is 11.5. The van der Waals surface area contributed by atoms with Crippen molar-refractivity contribution in [1.29, 1.82) is 0 Å². The Hall–Kier alpha value is -2.41. The van der Waals surface area contributed by atoms with E-state index in [0.717, 1.165) is 24.1 Å². The van der Waals surface area contributed by atoms with Crippen LogP contribution < -0.4 is 10.7 Å². The molecule has 2 N–H and O–H groups in total. The molecule has 0 bridgehead atoms. The molecule has 0 unspecified atom stereocenters. The van der Waals surface area contributed by atoms with Crippen molar-refractivity contribution in [3.05, 3.63) is 52.4 Å². The number of nitrogens with zero attached hydrogens (tertiary/aromatic N) is 1. The molecular weight excluding hydrogens is 374 g/mol. The summed E-state index contributed by atoms with van der Waals surface area (Å²) in [6.07, 6.45) is 1.95. The molecule has 0 aliphatic heterocycles. The summed E-state index contributed by atoms with van der Waals surface area (Å²) < 4.78 is 5.64. The number of hydrazone groups is 1. The van der Waals surface area contributed by atoms with E-state index in [2.05, 4.69) is 31.8 Å². The molecule has 1 aromatic heterocycles. The molecular formula is C17H16BrN3O3. The molecule has 0 spiro atoms. The maximum absolute atomic E-state index is 11.9. The van der Waals surface area contributed by atoms with Gasteiger partial charge in [0.1, 0.15) is 0 Å². The monoisotopic (exact) mass is 389 g/mol. The number of nitrogens with one attached hydrogen (secondary N) is 2. The van der Waals surface area contributed by atoms with Crippen molar-refractivity contribution in [2.75, 3.05) is 5.32 Å². The molecule has 6 nitrogen and oxygen atoms in total. The van der Waals surface area contributed by atoms with Crippen molar-refractivity contribution in [3.8, 4) is 0 Å². The van der Waals surface area contributed by atoms with Crippen LogP contribution in [0.25, 0.3) is 0 Å². The van der Waals surface area contributed by atoms with Gasteiger partial charge in [0, 0.05) is 11.6 Å². The van der Waals surface area contributed by atoms with Crippen molar-refractivity contribution in [1.82, 2.24) is 5.43 Å². The molecule has 3 rings (SSSR count). The number of halogens is 1. The minimum atomic E-state index is -0.423. The highest BCUT2D eigenvalue weighted by atomic mass is 79.9. The van der Waals surface area contributed by atoms with E-state index in [1.807, 2.05) is 24.3 Å². The summed E-state index contributed by atoms with van der Waals surface area (Å²) in [6, 6.07) is 10.5. The number of furan rings is 1. The van der Waals surface area contributed by atoms with Gasteiger partial charge in [-0.25, -0.2) is 5.43 Å². The first-order valence-electron chi connectivity index (χ1n) is 7.54. The first-order valence-corrected chi connectivity index (χ1v) is 8.33. The minimum Gasteiger partial charge on any atom is -0.444 e. The predicted molar refractivity (Wildman–Crippen MR) is 93.9 cm³/mol. The fraction of sp³-hybridized carbons (Fsp3) is 0.235. The predicted octanol–water partition coefficient (Wildman–Crippen LogP) is 3.54. The normalized spacial score (nSPS) is 14.3. The van der Waals surface area contributed by atoms with E-state index in [1.165, 1.54) is 0 Å². The maximum Gasteiger partial charge on any atom is 0.307 e. The summed E-state index contributed by atoms with van der Waals surface area (Å²) in [5.41, 5.74) is 4.70. The molecule has 7 heteroatoms. The molecule has 1 saturated carbocycles. The van der Waals surface area contributed by atoms with Crippen LogP contribution in [0.2, 0.25) is 0 Å². The topological polar surface area (TPSA) is 83.7 Å². The Morgan fingerprint density at radius 1 is 1.17 bits per heavy atom. The Labute approximate surface area is 147 Å². The summed E-state index contributed by atoms with van der Waals surface area (Å²) in [7, 11) is 0. The van der Waals surface area contributed by atoms with E-state index in [4.69, 9.17) is 4.42 Å². The van der Waals surface area contributed by atoms with Crippen molar-refractivity contribution in [3.63, 3.8) is 0 Å². The van der Waals surface area contributed by atoms with Gasteiger partial charge in [0.15, 0.2) is 10.4 Å². The maximum atomic E-state index is 11.9. The molecule has 0 radical (unpaired) electrons. The van der Waals surface area contributed by atoms with Crippen LogP contribution in [0.5, 0.6) is 0 Å². The standard InChI is InChI=1S/C17H16BrN3O3/c1-10(20-21-17(23)14-8-9-15(18)24-14)11-4-6-13(7-5-11)19-16(22)12-2-3-12/h4-9,12H,2-3H2,1H3,(H,19,22)(H,21,23)/b20-10-. The molecule has 24 heavy (non-hydrogen) atoms. The first kappa shape index (κ1) is 16.4. The van der Waals surface area contributed by atoms with Gasteiger partial charge < -0.3 is 9.73 Å². The van der Waals surface area contributed by atoms with Crippen LogP contribution in [0.4, 0.5) is 5.69 Å². The van der Waals surface area contributed by atoms with Crippen LogP contribution in [-0.4, -0.2) is 17.5 Å². The Balaban J connectivity index is 1.60. The summed E-state index contributed by atoms with van der Waals surface area (Å²) in [5.74, 6) is -0.000218. The molecule has 1 fully saturated rings. The van der Waals surface area contributed by atoms with Crippen LogP contribution in [0.15, 0.2) is 50.6 Å². The number of amides is 2. The summed E-state index contributed by atoms with van der Waals surface area (Å²) in [6.45, 7) is 1.79. The zero-order chi connectivity index (χ0) is 17.1. The molecule has 124 valence electrons. The lowest BCUT2D eigenvalue weighted by Gasteiger charge is -2.06. The van der Waals surface area contributed by atoms with E-state index in [-0.39, 0.29) is 17.6 Å². The Bertz CT molecular complexity index is 792. The lowest BCUT2D eigenvalue weighted by atomic mass is 10.1. The van der Waals surface area contributed by atoms with Gasteiger partial charge in [-0.15, -0.1) is 0 Å². The quantitative estimate of drug-likeness (QED) is 0.605. The van der Waals surface area contributed by atoms with Gasteiger partial charge >= 0.3 is 5.91 Å². The van der Waals surface area contributed by atoms with Crippen LogP contribution in [0.1, 0.15) is 35.9 Å². The summed E-state index contributed by atoms with van der Waals surface area (Å²) in [4.78, 5) is 23.6. The molecule has 2 aromatic rings. The van der Waals surface area contributed by atoms with E-state index in [9.17, 15) is 9.59 Å². The van der Waals surface area contributed by atoms with Crippen molar-refractivity contribution in [2.45, 2.75) is 19.8 Å². The molecule has 1 aliphatic rings. The van der Waals surface area contributed by atoms with Gasteiger partial charge in [-0.05, 0) is 65.5 Å². The van der Waals surface area contributed by atoms with Gasteiger partial charge in [-0.2, -0.15) is 5.10 Å². The number of benzene rings is 1. The van der Waals surface area contributed by atoms with E-state index >= 15 is 0 Å². The number of carbonyl (C=O) groups is 2. The van der Waals surface area contributed by atoms with Crippen LogP contribution in [0.3, 0.4) is 0 Å². The van der Waals surface area contributed by atoms with Crippen LogP contribution in [0, 0.1) is 5.92 Å².